The number of ether oxygens (including phenoxy) is 2. The summed E-state index contributed by atoms with van der Waals surface area (Å²) in [6, 6.07) is 0. The lowest BCUT2D eigenvalue weighted by atomic mass is 10.1. The molecule has 1 aliphatic heterocycles. The molecule has 1 aromatic rings. The summed E-state index contributed by atoms with van der Waals surface area (Å²) < 4.78 is 13.2. The highest BCUT2D eigenvalue weighted by Crippen LogP contribution is 2.29. The first-order valence-electron chi connectivity index (χ1n) is 7.81. The topological polar surface area (TPSA) is 56.6 Å². The molecule has 0 N–H and O–H groups in total. The van der Waals surface area contributed by atoms with Gasteiger partial charge < -0.3 is 14.4 Å². The molecule has 1 aliphatic rings. The van der Waals surface area contributed by atoms with Gasteiger partial charge in [-0.3, -0.25) is 4.68 Å². The van der Waals surface area contributed by atoms with Crippen molar-refractivity contribution in [2.24, 2.45) is 7.05 Å². The van der Waals surface area contributed by atoms with Crippen LogP contribution in [0, 0.1) is 6.92 Å². The average molecular weight is 344 g/mol. The van der Waals surface area contributed by atoms with Gasteiger partial charge in [-0.25, -0.2) is 4.79 Å². The molecule has 130 valence electrons. The lowest BCUT2D eigenvalue weighted by Gasteiger charge is -2.27. The van der Waals surface area contributed by atoms with Crippen LogP contribution in [0.1, 0.15) is 45.5 Å². The summed E-state index contributed by atoms with van der Waals surface area (Å²) in [4.78, 5) is 13.8. The number of hydrogen-bond acceptors (Lipinski definition) is 4. The van der Waals surface area contributed by atoms with Gasteiger partial charge in [-0.2, -0.15) is 5.10 Å². The third kappa shape index (κ3) is 4.38. The fourth-order valence-electron chi connectivity index (χ4n) is 2.61. The van der Waals surface area contributed by atoms with Gasteiger partial charge in [-0.05, 0) is 41.0 Å². The number of hydrogen-bond donors (Lipinski definition) is 0. The second kappa shape index (κ2) is 6.32. The van der Waals surface area contributed by atoms with Crippen molar-refractivity contribution in [3.8, 4) is 0 Å². The first-order chi connectivity index (χ1) is 10.5. The summed E-state index contributed by atoms with van der Waals surface area (Å²) >= 11 is 6.25. The van der Waals surface area contributed by atoms with E-state index in [1.807, 2.05) is 41.7 Å². The van der Waals surface area contributed by atoms with Crippen LogP contribution < -0.4 is 0 Å². The summed E-state index contributed by atoms with van der Waals surface area (Å²) in [5.41, 5.74) is 0.746. The molecule has 1 aromatic heterocycles. The SMILES string of the molecule is Cc1nn(C)c(COC2(C)CCN(C(=O)OC(C)(C)C)C2)c1Cl. The molecule has 1 saturated heterocycles. The molecule has 0 saturated carbocycles. The number of carbonyl (C=O) groups is 1. The largest absolute Gasteiger partial charge is 0.444 e. The van der Waals surface area contributed by atoms with Crippen LogP contribution in [-0.2, 0) is 23.1 Å². The summed E-state index contributed by atoms with van der Waals surface area (Å²) in [6.45, 7) is 11.0. The van der Waals surface area contributed by atoms with Crippen LogP contribution in [-0.4, -0.2) is 45.1 Å². The first-order valence-corrected chi connectivity index (χ1v) is 8.18. The molecule has 0 aromatic carbocycles. The minimum Gasteiger partial charge on any atom is -0.444 e. The molecule has 0 radical (unpaired) electrons. The zero-order valence-electron chi connectivity index (χ0n) is 14.8. The van der Waals surface area contributed by atoms with Gasteiger partial charge >= 0.3 is 6.09 Å². The number of aryl methyl sites for hydroxylation is 2. The van der Waals surface area contributed by atoms with Gasteiger partial charge in [0.25, 0.3) is 0 Å². The molecule has 1 fully saturated rings. The Bertz CT molecular complexity index is 594. The van der Waals surface area contributed by atoms with Crippen LogP contribution in [0.2, 0.25) is 5.02 Å². The molecule has 6 nitrogen and oxygen atoms in total. The third-order valence-electron chi connectivity index (χ3n) is 3.91. The van der Waals surface area contributed by atoms with E-state index in [4.69, 9.17) is 21.1 Å². The highest BCUT2D eigenvalue weighted by atomic mass is 35.5. The number of likely N-dealkylation sites (tertiary alicyclic amines) is 1. The average Bonchev–Trinajstić information content (AvgIpc) is 2.89. The van der Waals surface area contributed by atoms with E-state index >= 15 is 0 Å². The van der Waals surface area contributed by atoms with E-state index in [9.17, 15) is 4.79 Å². The highest BCUT2D eigenvalue weighted by Gasteiger charge is 2.39. The minimum absolute atomic E-state index is 0.292. The maximum absolute atomic E-state index is 12.1. The Morgan fingerprint density at radius 3 is 2.61 bits per heavy atom. The van der Waals surface area contributed by atoms with E-state index in [-0.39, 0.29) is 6.09 Å². The lowest BCUT2D eigenvalue weighted by Crippen LogP contribution is -2.39. The molecule has 23 heavy (non-hydrogen) atoms. The summed E-state index contributed by atoms with van der Waals surface area (Å²) in [5.74, 6) is 0. The zero-order valence-corrected chi connectivity index (χ0v) is 15.5. The van der Waals surface area contributed by atoms with Crippen LogP contribution in [0.4, 0.5) is 4.79 Å². The summed E-state index contributed by atoms with van der Waals surface area (Å²) in [5, 5.41) is 4.92. The Labute approximate surface area is 142 Å². The maximum atomic E-state index is 12.1. The van der Waals surface area contributed by atoms with Gasteiger partial charge in [0, 0.05) is 13.6 Å². The number of rotatable bonds is 3. The van der Waals surface area contributed by atoms with Crippen molar-refractivity contribution in [1.82, 2.24) is 14.7 Å². The zero-order chi connectivity index (χ0) is 17.4. The van der Waals surface area contributed by atoms with Crippen LogP contribution >= 0.6 is 11.6 Å². The van der Waals surface area contributed by atoms with Crippen molar-refractivity contribution in [2.45, 2.75) is 58.8 Å². The number of amides is 1. The van der Waals surface area contributed by atoms with Crippen LogP contribution in [0.3, 0.4) is 0 Å². The normalized spacial score (nSPS) is 21.8. The van der Waals surface area contributed by atoms with Crippen LogP contribution in [0.25, 0.3) is 0 Å². The van der Waals surface area contributed by atoms with Crippen molar-refractivity contribution in [3.05, 3.63) is 16.4 Å². The molecule has 1 atom stereocenters. The van der Waals surface area contributed by atoms with Crippen molar-refractivity contribution in [1.29, 1.82) is 0 Å². The van der Waals surface area contributed by atoms with Crippen LogP contribution in [0.5, 0.6) is 0 Å². The Morgan fingerprint density at radius 2 is 2.09 bits per heavy atom. The second-order valence-electron chi connectivity index (χ2n) is 7.36. The third-order valence-corrected chi connectivity index (χ3v) is 4.40. The number of halogens is 1. The van der Waals surface area contributed by atoms with Crippen molar-refractivity contribution >= 4 is 17.7 Å². The number of aromatic nitrogens is 2. The fraction of sp³-hybridized carbons (Fsp3) is 0.750. The Morgan fingerprint density at radius 1 is 1.43 bits per heavy atom. The predicted molar refractivity (Wildman–Crippen MR) is 88.6 cm³/mol. The van der Waals surface area contributed by atoms with Gasteiger partial charge in [0.2, 0.25) is 0 Å². The fourth-order valence-corrected chi connectivity index (χ4v) is 2.83. The molecule has 0 spiro atoms. The molecular weight excluding hydrogens is 318 g/mol. The minimum atomic E-state index is -0.489. The molecule has 1 unspecified atom stereocenters. The monoisotopic (exact) mass is 343 g/mol. The van der Waals surface area contributed by atoms with Gasteiger partial charge in [-0.1, -0.05) is 11.6 Å². The Hall–Kier alpha value is -1.27. The van der Waals surface area contributed by atoms with Crippen molar-refractivity contribution in [2.75, 3.05) is 13.1 Å². The summed E-state index contributed by atoms with van der Waals surface area (Å²) in [7, 11) is 1.85. The van der Waals surface area contributed by atoms with Crippen molar-refractivity contribution < 1.29 is 14.3 Å². The van der Waals surface area contributed by atoms with Gasteiger partial charge in [-0.15, -0.1) is 0 Å². The van der Waals surface area contributed by atoms with E-state index in [0.717, 1.165) is 17.8 Å². The molecular formula is C16H26ClN3O3. The van der Waals surface area contributed by atoms with Crippen LogP contribution in [0.15, 0.2) is 0 Å². The molecule has 0 bridgehead atoms. The molecule has 1 amide bonds. The van der Waals surface area contributed by atoms with E-state index < -0.39 is 11.2 Å². The predicted octanol–water partition coefficient (Wildman–Crippen LogP) is 3.30. The van der Waals surface area contributed by atoms with E-state index in [1.165, 1.54) is 0 Å². The van der Waals surface area contributed by atoms with E-state index in [0.29, 0.717) is 24.7 Å². The van der Waals surface area contributed by atoms with E-state index in [1.54, 1.807) is 9.58 Å². The summed E-state index contributed by atoms with van der Waals surface area (Å²) in [6.07, 6.45) is 0.472. The van der Waals surface area contributed by atoms with Crippen molar-refractivity contribution in [3.63, 3.8) is 0 Å². The van der Waals surface area contributed by atoms with Gasteiger partial charge in [0.05, 0.1) is 35.2 Å². The molecule has 2 rings (SSSR count). The highest BCUT2D eigenvalue weighted by molar-refractivity contribution is 6.31. The quantitative estimate of drug-likeness (QED) is 0.845. The molecule has 2 heterocycles. The Kier molecular flexibility index (Phi) is 4.97. The maximum Gasteiger partial charge on any atom is 0.410 e. The number of carbonyl (C=O) groups excluding carboxylic acids is 1. The number of nitrogens with zero attached hydrogens (tertiary/aromatic N) is 3. The smallest absolute Gasteiger partial charge is 0.410 e. The molecule has 0 aliphatic carbocycles. The first kappa shape index (κ1) is 18.1. The van der Waals surface area contributed by atoms with Gasteiger partial charge in [0.15, 0.2) is 0 Å². The standard InChI is InChI=1S/C16H26ClN3O3/c1-11-13(17)12(19(6)18-11)9-22-16(5)7-8-20(10-16)14(21)23-15(2,3)4/h7-10H2,1-6H3. The van der Waals surface area contributed by atoms with E-state index in [2.05, 4.69) is 5.10 Å². The lowest BCUT2D eigenvalue weighted by molar-refractivity contribution is -0.0396. The van der Waals surface area contributed by atoms with Gasteiger partial charge in [0.1, 0.15) is 5.60 Å². The Balaban J connectivity index is 1.95. The molecule has 7 heteroatoms. The second-order valence-corrected chi connectivity index (χ2v) is 7.74.